The van der Waals surface area contributed by atoms with E-state index >= 15 is 0 Å². The highest BCUT2D eigenvalue weighted by molar-refractivity contribution is 4.94. The maximum atomic E-state index is 8.84. The fourth-order valence-corrected chi connectivity index (χ4v) is 0.680. The largest absolute Gasteiger partial charge is 0.393 e. The molecule has 0 aromatic heterocycles. The highest BCUT2D eigenvalue weighted by atomic mass is 16.5. The Hall–Kier alpha value is -0.520. The number of hydrogen-bond donors (Lipinski definition) is 1. The molecule has 0 heterocycles. The van der Waals surface area contributed by atoms with Crippen LogP contribution in [0.1, 0.15) is 33.6 Å². The third kappa shape index (κ3) is 6.21. The van der Waals surface area contributed by atoms with Crippen molar-refractivity contribution in [2.75, 3.05) is 13.2 Å². The molecule has 0 aliphatic carbocycles. The van der Waals surface area contributed by atoms with Crippen molar-refractivity contribution < 1.29 is 9.84 Å². The minimum Gasteiger partial charge on any atom is -0.393 e. The molecule has 12 heavy (non-hydrogen) atoms. The third-order valence-corrected chi connectivity index (χ3v) is 1.50. The summed E-state index contributed by atoms with van der Waals surface area (Å²) < 4.78 is 5.41. The first-order valence-corrected chi connectivity index (χ1v) is 4.27. The van der Waals surface area contributed by atoms with Gasteiger partial charge in [0.2, 0.25) is 0 Å². The van der Waals surface area contributed by atoms with Gasteiger partial charge in [-0.25, -0.2) is 0 Å². The maximum Gasteiger partial charge on any atom is 0.0856 e. The summed E-state index contributed by atoms with van der Waals surface area (Å²) in [5.74, 6) is 5.78. The van der Waals surface area contributed by atoms with E-state index in [-0.39, 0.29) is 6.61 Å². The van der Waals surface area contributed by atoms with Gasteiger partial charge in [0.25, 0.3) is 0 Å². The second-order valence-electron chi connectivity index (χ2n) is 3.30. The van der Waals surface area contributed by atoms with Crippen LogP contribution >= 0.6 is 0 Å². The molecule has 2 nitrogen and oxygen atoms in total. The lowest BCUT2D eigenvalue weighted by molar-refractivity contribution is -0.0538. The Morgan fingerprint density at radius 1 is 1.42 bits per heavy atom. The topological polar surface area (TPSA) is 29.5 Å². The molecule has 0 unspecified atom stereocenters. The van der Waals surface area contributed by atoms with Crippen LogP contribution in [0.25, 0.3) is 0 Å². The van der Waals surface area contributed by atoms with Crippen LogP contribution in [0.5, 0.6) is 0 Å². The second kappa shape index (κ2) is 6.05. The zero-order valence-electron chi connectivity index (χ0n) is 8.18. The molecule has 1 N–H and O–H groups in total. The van der Waals surface area contributed by atoms with Gasteiger partial charge in [0, 0.05) is 13.0 Å². The summed E-state index contributed by atoms with van der Waals surface area (Å²) in [5, 5.41) is 8.84. The Morgan fingerprint density at radius 2 is 2.08 bits per heavy atom. The fraction of sp³-hybridized carbons (Fsp3) is 0.800. The number of ether oxygens (including phenoxy) is 1. The predicted octanol–water partition coefficient (Wildman–Crippen LogP) is 1.58. The van der Waals surface area contributed by atoms with Crippen molar-refractivity contribution in [2.24, 2.45) is 0 Å². The molecule has 0 aromatic carbocycles. The first-order chi connectivity index (χ1) is 5.62. The number of unbranched alkanes of at least 4 members (excludes halogenated alkanes) is 1. The summed E-state index contributed by atoms with van der Waals surface area (Å²) in [6.07, 6.45) is 1.81. The molecule has 70 valence electrons. The molecule has 0 saturated carbocycles. The molecule has 0 aliphatic rings. The zero-order valence-corrected chi connectivity index (χ0v) is 8.18. The van der Waals surface area contributed by atoms with Crippen molar-refractivity contribution in [2.45, 2.75) is 39.2 Å². The Labute approximate surface area is 74.9 Å². The van der Waals surface area contributed by atoms with E-state index in [9.17, 15) is 0 Å². The standard InChI is InChI=1S/C10H18O2/c1-4-5-6-7-8-12-10(2,3)9-11/h11H,6-9H2,1-3H3. The van der Waals surface area contributed by atoms with E-state index < -0.39 is 5.60 Å². The number of aliphatic hydroxyl groups excluding tert-OH is 1. The third-order valence-electron chi connectivity index (χ3n) is 1.50. The number of aliphatic hydroxyl groups is 1. The van der Waals surface area contributed by atoms with E-state index in [4.69, 9.17) is 9.84 Å². The van der Waals surface area contributed by atoms with Crippen LogP contribution in [-0.2, 0) is 4.74 Å². The minimum atomic E-state index is -0.403. The second-order valence-corrected chi connectivity index (χ2v) is 3.30. The van der Waals surface area contributed by atoms with Crippen molar-refractivity contribution in [3.8, 4) is 11.8 Å². The zero-order chi connectivity index (χ0) is 9.45. The summed E-state index contributed by atoms with van der Waals surface area (Å²) in [5.41, 5.74) is -0.403. The van der Waals surface area contributed by atoms with E-state index in [0.29, 0.717) is 6.61 Å². The first kappa shape index (κ1) is 11.5. The summed E-state index contributed by atoms with van der Waals surface area (Å²) >= 11 is 0. The van der Waals surface area contributed by atoms with Crippen LogP contribution in [-0.4, -0.2) is 23.9 Å². The van der Waals surface area contributed by atoms with Crippen molar-refractivity contribution in [1.29, 1.82) is 0 Å². The molecule has 0 bridgehead atoms. The Bertz CT molecular complexity index is 162. The quantitative estimate of drug-likeness (QED) is 0.501. The summed E-state index contributed by atoms with van der Waals surface area (Å²) in [7, 11) is 0. The van der Waals surface area contributed by atoms with Crippen LogP contribution in [0.3, 0.4) is 0 Å². The van der Waals surface area contributed by atoms with E-state index in [2.05, 4.69) is 11.8 Å². The molecule has 0 rings (SSSR count). The minimum absolute atomic E-state index is 0.0620. The van der Waals surface area contributed by atoms with Gasteiger partial charge in [0.05, 0.1) is 12.2 Å². The van der Waals surface area contributed by atoms with Crippen LogP contribution in [0.4, 0.5) is 0 Å². The molecule has 0 radical (unpaired) electrons. The van der Waals surface area contributed by atoms with E-state index in [1.807, 2.05) is 20.8 Å². The highest BCUT2D eigenvalue weighted by Crippen LogP contribution is 2.07. The molecular weight excluding hydrogens is 152 g/mol. The van der Waals surface area contributed by atoms with Crippen LogP contribution in [0.2, 0.25) is 0 Å². The first-order valence-electron chi connectivity index (χ1n) is 4.27. The maximum absolute atomic E-state index is 8.84. The van der Waals surface area contributed by atoms with Crippen molar-refractivity contribution >= 4 is 0 Å². The molecule has 0 atom stereocenters. The van der Waals surface area contributed by atoms with Crippen molar-refractivity contribution in [1.82, 2.24) is 0 Å². The highest BCUT2D eigenvalue weighted by Gasteiger charge is 2.15. The van der Waals surface area contributed by atoms with E-state index in [1.54, 1.807) is 0 Å². The van der Waals surface area contributed by atoms with Gasteiger partial charge < -0.3 is 9.84 Å². The average molecular weight is 170 g/mol. The lowest BCUT2D eigenvalue weighted by Crippen LogP contribution is -2.29. The van der Waals surface area contributed by atoms with Gasteiger partial charge in [-0.05, 0) is 27.2 Å². The van der Waals surface area contributed by atoms with Crippen LogP contribution in [0.15, 0.2) is 0 Å². The lowest BCUT2D eigenvalue weighted by Gasteiger charge is -2.21. The summed E-state index contributed by atoms with van der Waals surface area (Å²) in [4.78, 5) is 0. The van der Waals surface area contributed by atoms with Crippen molar-refractivity contribution in [3.05, 3.63) is 0 Å². The molecule has 0 aliphatic heterocycles. The molecular formula is C10H18O2. The monoisotopic (exact) mass is 170 g/mol. The Morgan fingerprint density at radius 3 is 2.58 bits per heavy atom. The number of hydrogen-bond acceptors (Lipinski definition) is 2. The molecule has 0 aromatic rings. The van der Waals surface area contributed by atoms with Gasteiger partial charge in [-0.1, -0.05) is 0 Å². The smallest absolute Gasteiger partial charge is 0.0856 e. The van der Waals surface area contributed by atoms with Gasteiger partial charge >= 0.3 is 0 Å². The Kier molecular flexibility index (Phi) is 5.79. The van der Waals surface area contributed by atoms with Gasteiger partial charge in [-0.15, -0.1) is 11.8 Å². The van der Waals surface area contributed by atoms with E-state index in [0.717, 1.165) is 12.8 Å². The van der Waals surface area contributed by atoms with E-state index in [1.165, 1.54) is 0 Å². The fourth-order valence-electron chi connectivity index (χ4n) is 0.680. The Balaban J connectivity index is 3.35. The molecule has 0 amide bonds. The SMILES string of the molecule is CC#CCCCOC(C)(C)CO. The molecule has 2 heteroatoms. The van der Waals surface area contributed by atoms with Gasteiger partial charge in [-0.3, -0.25) is 0 Å². The van der Waals surface area contributed by atoms with Crippen molar-refractivity contribution in [3.63, 3.8) is 0 Å². The van der Waals surface area contributed by atoms with Gasteiger partial charge in [0.1, 0.15) is 0 Å². The van der Waals surface area contributed by atoms with Crippen LogP contribution in [0, 0.1) is 11.8 Å². The molecule has 0 fully saturated rings. The molecule has 0 spiro atoms. The average Bonchev–Trinajstić information content (AvgIpc) is 2.04. The summed E-state index contributed by atoms with van der Waals surface area (Å²) in [6.45, 7) is 6.31. The predicted molar refractivity (Wildman–Crippen MR) is 49.8 cm³/mol. The molecule has 0 saturated heterocycles. The normalized spacial score (nSPS) is 10.7. The number of rotatable bonds is 5. The van der Waals surface area contributed by atoms with Gasteiger partial charge in [-0.2, -0.15) is 0 Å². The summed E-state index contributed by atoms with van der Waals surface area (Å²) in [6, 6.07) is 0. The lowest BCUT2D eigenvalue weighted by atomic mass is 10.1. The van der Waals surface area contributed by atoms with Crippen LogP contribution < -0.4 is 0 Å². The van der Waals surface area contributed by atoms with Gasteiger partial charge in [0.15, 0.2) is 0 Å².